The molecule has 0 unspecified atom stereocenters. The highest BCUT2D eigenvalue weighted by Crippen LogP contribution is 2.25. The Morgan fingerprint density at radius 2 is 1.00 bits per heavy atom. The minimum Gasteiger partial charge on any atom is -0.508 e. The van der Waals surface area contributed by atoms with Crippen molar-refractivity contribution in [2.45, 2.75) is 197 Å². The first-order chi connectivity index (χ1) is 66.1. The monoisotopic (exact) mass is 1940 g/mol. The number of primary amides is 1. The van der Waals surface area contributed by atoms with Gasteiger partial charge in [0.25, 0.3) is 0 Å². The second-order valence-electron chi connectivity index (χ2n) is 35.1. The molecule has 16 amide bonds. The summed E-state index contributed by atoms with van der Waals surface area (Å²) in [5, 5.41) is 76.4. The fourth-order valence-corrected chi connectivity index (χ4v) is 16.2. The van der Waals surface area contributed by atoms with E-state index in [0.29, 0.717) is 39.4 Å². The zero-order valence-corrected chi connectivity index (χ0v) is 79.6. The van der Waals surface area contributed by atoms with E-state index in [1.165, 1.54) is 71.7 Å². The van der Waals surface area contributed by atoms with Crippen LogP contribution in [0.25, 0.3) is 22.0 Å². The van der Waals surface area contributed by atoms with Gasteiger partial charge in [0.1, 0.15) is 90.3 Å². The number of nitrogens with one attached hydrogen (secondary N) is 17. The number of phenols is 1. The Kier molecular flexibility index (Phi) is 42.2. The van der Waals surface area contributed by atoms with E-state index in [1.54, 1.807) is 113 Å². The van der Waals surface area contributed by atoms with Crippen molar-refractivity contribution in [3.8, 4) is 16.9 Å². The van der Waals surface area contributed by atoms with Crippen LogP contribution in [-0.2, 0) is 114 Å². The Bertz CT molecular complexity index is 5420. The molecule has 1 fully saturated rings. The number of aromatic hydroxyl groups is 1. The number of nitrogens with two attached hydrogens (primary N) is 3. The third-order valence-corrected chi connectivity index (χ3v) is 24.2. The van der Waals surface area contributed by atoms with Gasteiger partial charge in [-0.1, -0.05) is 157 Å². The molecule has 1 aliphatic heterocycles. The van der Waals surface area contributed by atoms with Gasteiger partial charge in [0, 0.05) is 87.5 Å². The highest BCUT2D eigenvalue weighted by atomic mass is 32.2. The first-order valence-electron chi connectivity index (χ1n) is 45.5. The molecule has 5 aromatic carbocycles. The van der Waals surface area contributed by atoms with E-state index in [9.17, 15) is 58.5 Å². The molecule has 0 radical (unpaired) electrons. The highest BCUT2D eigenvalue weighted by molar-refractivity contribution is 8.00. The number of carbonyl (C=O) groups excluding carboxylic acids is 16. The predicted molar refractivity (Wildman–Crippen MR) is 515 cm³/mol. The minimum absolute atomic E-state index is 0.0114. The standard InChI is InChI=1S/C95H127N23O20S/c1-51(2)37-67-87(131)115-80(53(5)6)92(136)113-73(47-119)89(133)114-74(81(125)103-46-76(97)121)48-139-49-77(122)105-71(42-61-45-100-50-104-61)85(129)109-68(39-57-28-32-62(120)33-29-57)84(128)111-72(43-78(123)124)86(130)110-70(41-60-44-102-64-24-17-16-23-63(60)64)88(132)116-79(52(3)4)91(135)112-69(38-56-26-30-59(31-27-56)58-21-14-11-15-22-58)83(127)107-66(25-18-36-101-95(98)99)94(138)117(8)54(7)93(137)118(9)75(40-55-19-12-10-13-20-55)90(134)106-65(34-35-96)82(126)108-67/h10-17,19-24,26-33,44-45,50-54,65-75,79-80,102,119-120H,18,25,34-43,46-49,96H2,1-9H3,(H2,97,121)(H,100,104)(H,103,125)(H,105,122)(H,106,134)(H,107,127)(H,108,126)(H,109,129)(H,110,130)(H,111,128)(H,112,135)(H,113,136)(H,114,133)(H,115,131)(H,116,132)(H,123,124)(H4,98,99,101)/t54-,65-,66-,67-,68-,69-,70-,71-,72-,73-,74-,75-,79-,80-/m0/s1. The highest BCUT2D eigenvalue weighted by Gasteiger charge is 2.42. The number of carbonyl (C=O) groups is 17. The zero-order valence-electron chi connectivity index (χ0n) is 78.8. The first kappa shape index (κ1) is 109. The van der Waals surface area contributed by atoms with Gasteiger partial charge in [0.05, 0.1) is 31.7 Å². The number of guanidine groups is 1. The summed E-state index contributed by atoms with van der Waals surface area (Å²) in [7, 11) is 2.59. The molecule has 1 aliphatic rings. The second-order valence-corrected chi connectivity index (χ2v) is 36.1. The van der Waals surface area contributed by atoms with Crippen LogP contribution in [0.5, 0.6) is 5.75 Å². The Morgan fingerprint density at radius 1 is 0.511 bits per heavy atom. The first-order valence-corrected chi connectivity index (χ1v) is 46.7. The third-order valence-electron chi connectivity index (χ3n) is 23.1. The largest absolute Gasteiger partial charge is 0.508 e. The molecule has 43 nitrogen and oxygen atoms in total. The number of carboxylic acids is 1. The number of imidazole rings is 1. The Hall–Kier alpha value is -14.8. The Balaban J connectivity index is 1.22. The maximum Gasteiger partial charge on any atom is 0.305 e. The summed E-state index contributed by atoms with van der Waals surface area (Å²) < 4.78 is 0. The van der Waals surface area contributed by atoms with Crippen LogP contribution < -0.4 is 91.6 Å². The number of carboxylic acid groups (broad SMARTS) is 1. The van der Waals surface area contributed by atoms with Gasteiger partial charge in [-0.05, 0) is 108 Å². The second kappa shape index (κ2) is 53.6. The lowest BCUT2D eigenvalue weighted by Crippen LogP contribution is -2.62. The SMILES string of the molecule is CC(C)C[C@@H]1NC(=O)[C@H](CCN)NC(=O)[C@H](Cc2ccccc2)N(C)C(=O)[C@H](C)N(C)C(=O)[C@H](CCCNC(=N)N)NC(=O)[C@H](Cc2ccc(-c3ccccc3)cc2)NC(=O)[C@H](C(C)C)NC(=O)[C@H](Cc2c[nH]c3ccccc23)NC(=O)[C@H](CC(=O)O)NC(=O)[C@H](Cc2ccc(O)cc2)NC(=O)[C@H](Cc2cnc[nH]2)NC(=O)CSC[C@@H](C(=O)NCC(N)=O)NC(=O)[C@H](CO)NC(=O)[C@H](C(C)C)NC1=O. The summed E-state index contributed by atoms with van der Waals surface area (Å²) in [6, 6.07) is 14.0. The fraction of sp³-hybridized carbons (Fsp3) is 0.442. The van der Waals surface area contributed by atoms with Crippen LogP contribution in [-0.4, -0.2) is 283 Å². The van der Waals surface area contributed by atoms with Gasteiger partial charge in [-0.15, -0.1) is 11.8 Å². The van der Waals surface area contributed by atoms with Crippen LogP contribution in [0.15, 0.2) is 152 Å². The van der Waals surface area contributed by atoms with E-state index in [1.807, 2.05) is 30.3 Å². The van der Waals surface area contributed by atoms with Crippen molar-refractivity contribution in [3.63, 3.8) is 0 Å². The van der Waals surface area contributed by atoms with Crippen molar-refractivity contribution in [1.29, 1.82) is 5.41 Å². The zero-order chi connectivity index (χ0) is 102. The number of likely N-dealkylation sites (N-methyl/N-ethyl adjacent to an activating group) is 2. The number of thioether (sulfide) groups is 1. The number of hydrogen-bond acceptors (Lipinski definition) is 23. The van der Waals surface area contributed by atoms with Crippen molar-refractivity contribution in [2.75, 3.05) is 51.8 Å². The molecule has 748 valence electrons. The molecule has 14 atom stereocenters. The van der Waals surface area contributed by atoms with Crippen molar-refractivity contribution in [1.82, 2.24) is 99.2 Å². The number of benzene rings is 5. The van der Waals surface area contributed by atoms with Crippen LogP contribution >= 0.6 is 11.8 Å². The summed E-state index contributed by atoms with van der Waals surface area (Å²) in [5.41, 5.74) is 21.4. The normalized spacial score (nSPS) is 22.8. The van der Waals surface area contributed by atoms with Gasteiger partial charge >= 0.3 is 5.97 Å². The molecule has 139 heavy (non-hydrogen) atoms. The molecule has 0 bridgehead atoms. The molecule has 44 heteroatoms. The summed E-state index contributed by atoms with van der Waals surface area (Å²) in [6.45, 7) is 8.92. The number of aliphatic carboxylic acids is 1. The summed E-state index contributed by atoms with van der Waals surface area (Å²) in [6.07, 6.45) is 0.833. The topological polar surface area (TPSA) is 672 Å². The summed E-state index contributed by atoms with van der Waals surface area (Å²) in [5.74, 6) is -21.6. The number of para-hydroxylation sites is 1. The average molecular weight is 1940 g/mol. The molecular formula is C95H127N23O20S. The number of phenolic OH excluding ortho intramolecular Hbond substituents is 1. The van der Waals surface area contributed by atoms with Crippen molar-refractivity contribution < 1.29 is 96.8 Å². The predicted octanol–water partition coefficient (Wildman–Crippen LogP) is -1.95. The van der Waals surface area contributed by atoms with Crippen LogP contribution in [0.1, 0.15) is 109 Å². The molecule has 1 saturated heterocycles. The maximum absolute atomic E-state index is 15.6. The van der Waals surface area contributed by atoms with E-state index in [-0.39, 0.29) is 87.4 Å². The lowest BCUT2D eigenvalue weighted by atomic mass is 9.98. The van der Waals surface area contributed by atoms with Gasteiger partial charge in [0.2, 0.25) is 94.5 Å². The minimum atomic E-state index is -2.09. The number of rotatable bonds is 27. The van der Waals surface area contributed by atoms with Crippen LogP contribution in [0.3, 0.4) is 0 Å². The summed E-state index contributed by atoms with van der Waals surface area (Å²) >= 11 is 0.693. The molecule has 8 rings (SSSR count). The van der Waals surface area contributed by atoms with E-state index in [4.69, 9.17) is 22.6 Å². The lowest BCUT2D eigenvalue weighted by Gasteiger charge is -2.35. The van der Waals surface area contributed by atoms with Gasteiger partial charge in [-0.25, -0.2) is 4.98 Å². The van der Waals surface area contributed by atoms with E-state index in [2.05, 4.69) is 89.4 Å². The molecule has 26 N–H and O–H groups in total. The third kappa shape index (κ3) is 33.8. The van der Waals surface area contributed by atoms with E-state index >= 15 is 38.4 Å². The maximum atomic E-state index is 15.6. The van der Waals surface area contributed by atoms with Crippen LogP contribution in [0.4, 0.5) is 0 Å². The smallest absolute Gasteiger partial charge is 0.305 e. The Morgan fingerprint density at radius 3 is 1.56 bits per heavy atom. The molecule has 0 aliphatic carbocycles. The number of fused-ring (bicyclic) bond motifs is 1. The van der Waals surface area contributed by atoms with Gasteiger partial charge in [0.15, 0.2) is 5.96 Å². The van der Waals surface area contributed by atoms with Gasteiger partial charge in [-0.3, -0.25) is 86.9 Å². The molecule has 7 aromatic rings. The van der Waals surface area contributed by atoms with Crippen LogP contribution in [0, 0.1) is 23.2 Å². The van der Waals surface area contributed by atoms with Crippen molar-refractivity contribution in [2.24, 2.45) is 35.0 Å². The number of amides is 16. The lowest BCUT2D eigenvalue weighted by molar-refractivity contribution is -0.148. The average Bonchev–Trinajstić information content (AvgIpc) is 1.73. The fourth-order valence-electron chi connectivity index (χ4n) is 15.3. The molecule has 0 saturated carbocycles. The number of aromatic amines is 2. The van der Waals surface area contributed by atoms with Crippen molar-refractivity contribution >= 4 is 129 Å². The van der Waals surface area contributed by atoms with Gasteiger partial charge < -0.3 is 127 Å². The quantitative estimate of drug-likeness (QED) is 0.0151. The van der Waals surface area contributed by atoms with E-state index < -0.39 is 240 Å². The number of aliphatic hydroxyl groups is 1. The van der Waals surface area contributed by atoms with Gasteiger partial charge in [-0.2, -0.15) is 0 Å². The Labute approximate surface area is 807 Å². The molecule has 3 heterocycles. The van der Waals surface area contributed by atoms with E-state index in [0.717, 1.165) is 20.9 Å². The number of aliphatic hydroxyl groups excluding tert-OH is 1. The number of H-pyrrole nitrogens is 2. The van der Waals surface area contributed by atoms with Crippen molar-refractivity contribution in [3.05, 3.63) is 180 Å². The molecule has 0 spiro atoms. The number of aromatic nitrogens is 3. The summed E-state index contributed by atoms with van der Waals surface area (Å²) in [4.78, 5) is 261. The van der Waals surface area contributed by atoms with Crippen LogP contribution in [0.2, 0.25) is 0 Å². The molecular weight excluding hydrogens is 1820 g/mol. The number of hydrogen-bond donors (Lipinski definition) is 23. The number of nitrogens with zero attached hydrogens (tertiary/aromatic N) is 3. The molecule has 2 aromatic heterocycles.